The molecule has 5 nitrogen and oxygen atoms in total. The van der Waals surface area contributed by atoms with Gasteiger partial charge >= 0.3 is 0 Å². The lowest BCUT2D eigenvalue weighted by molar-refractivity contribution is -0.116. The Hall–Kier alpha value is -1.59. The van der Waals surface area contributed by atoms with Crippen LogP contribution in [0, 0.1) is 6.92 Å². The molecule has 0 aromatic heterocycles. The molecule has 0 fully saturated rings. The molecule has 1 aromatic rings. The van der Waals surface area contributed by atoms with Crippen molar-refractivity contribution in [2.45, 2.75) is 13.3 Å². The summed E-state index contributed by atoms with van der Waals surface area (Å²) in [6.45, 7) is 4.61. The molecule has 1 rings (SSSR count). The van der Waals surface area contributed by atoms with E-state index in [0.717, 1.165) is 30.9 Å². The van der Waals surface area contributed by atoms with E-state index < -0.39 is 0 Å². The highest BCUT2D eigenvalue weighted by atomic mass is 16.1. The van der Waals surface area contributed by atoms with Crippen molar-refractivity contribution in [1.82, 2.24) is 9.80 Å². The monoisotopic (exact) mass is 278 g/mol. The Labute approximate surface area is 121 Å². The summed E-state index contributed by atoms with van der Waals surface area (Å²) < 4.78 is 0. The topological polar surface area (TPSA) is 61.6 Å². The minimum absolute atomic E-state index is 0.0235. The number of likely N-dealkylation sites (N-methyl/N-ethyl adjacent to an activating group) is 2. The van der Waals surface area contributed by atoms with Gasteiger partial charge in [0.25, 0.3) is 0 Å². The first-order valence-corrected chi connectivity index (χ1v) is 6.88. The molecule has 0 saturated heterocycles. The number of anilines is 2. The second kappa shape index (κ2) is 7.87. The number of rotatable bonds is 7. The third-order valence-electron chi connectivity index (χ3n) is 3.30. The highest BCUT2D eigenvalue weighted by molar-refractivity contribution is 5.92. The van der Waals surface area contributed by atoms with Gasteiger partial charge in [-0.1, -0.05) is 6.07 Å². The molecule has 0 radical (unpaired) electrons. The largest absolute Gasteiger partial charge is 0.398 e. The molecule has 5 heteroatoms. The lowest BCUT2D eigenvalue weighted by atomic mass is 10.1. The van der Waals surface area contributed by atoms with Crippen LogP contribution in [-0.4, -0.2) is 56.5 Å². The second-order valence-electron chi connectivity index (χ2n) is 5.42. The van der Waals surface area contributed by atoms with Gasteiger partial charge in [-0.3, -0.25) is 4.79 Å². The highest BCUT2D eigenvalue weighted by Gasteiger charge is 2.08. The van der Waals surface area contributed by atoms with Crippen LogP contribution in [-0.2, 0) is 4.79 Å². The quantitative estimate of drug-likeness (QED) is 0.740. The summed E-state index contributed by atoms with van der Waals surface area (Å²) in [6.07, 6.45) is 0.484. The van der Waals surface area contributed by atoms with Crippen molar-refractivity contribution < 1.29 is 4.79 Å². The molecule has 3 N–H and O–H groups in total. The minimum Gasteiger partial charge on any atom is -0.398 e. The van der Waals surface area contributed by atoms with Crippen molar-refractivity contribution in [3.63, 3.8) is 0 Å². The van der Waals surface area contributed by atoms with E-state index in [9.17, 15) is 4.79 Å². The Morgan fingerprint density at radius 2 is 1.90 bits per heavy atom. The Bertz CT molecular complexity index is 445. The zero-order chi connectivity index (χ0) is 15.1. The summed E-state index contributed by atoms with van der Waals surface area (Å²) >= 11 is 0. The van der Waals surface area contributed by atoms with Crippen molar-refractivity contribution in [2.24, 2.45) is 0 Å². The molecule has 0 aliphatic rings. The molecule has 0 spiro atoms. The molecule has 0 saturated carbocycles. The number of carbonyl (C=O) groups is 1. The first-order valence-electron chi connectivity index (χ1n) is 6.88. The summed E-state index contributed by atoms with van der Waals surface area (Å²) in [5, 5.41) is 2.92. The van der Waals surface area contributed by atoms with Crippen molar-refractivity contribution >= 4 is 17.3 Å². The van der Waals surface area contributed by atoms with Crippen LogP contribution < -0.4 is 11.1 Å². The van der Waals surface area contributed by atoms with E-state index in [1.165, 1.54) is 0 Å². The maximum atomic E-state index is 11.9. The molecular formula is C15H26N4O. The van der Waals surface area contributed by atoms with E-state index in [0.29, 0.717) is 12.1 Å². The number of nitrogens with zero attached hydrogens (tertiary/aromatic N) is 2. The van der Waals surface area contributed by atoms with Gasteiger partial charge in [0.05, 0.1) is 0 Å². The van der Waals surface area contributed by atoms with E-state index >= 15 is 0 Å². The van der Waals surface area contributed by atoms with Crippen LogP contribution >= 0.6 is 0 Å². The fourth-order valence-electron chi connectivity index (χ4n) is 1.78. The third kappa shape index (κ3) is 5.59. The van der Waals surface area contributed by atoms with Crippen LogP contribution in [0.5, 0.6) is 0 Å². The fraction of sp³-hybridized carbons (Fsp3) is 0.533. The van der Waals surface area contributed by atoms with Crippen molar-refractivity contribution in [2.75, 3.05) is 51.8 Å². The average molecular weight is 278 g/mol. The van der Waals surface area contributed by atoms with Gasteiger partial charge in [-0.2, -0.15) is 0 Å². The van der Waals surface area contributed by atoms with Gasteiger partial charge in [0.1, 0.15) is 0 Å². The van der Waals surface area contributed by atoms with Gasteiger partial charge in [-0.25, -0.2) is 0 Å². The van der Waals surface area contributed by atoms with Crippen LogP contribution in [0.2, 0.25) is 0 Å². The molecule has 112 valence electrons. The van der Waals surface area contributed by atoms with E-state index in [1.807, 2.05) is 46.3 Å². The zero-order valence-electron chi connectivity index (χ0n) is 12.9. The number of nitrogens with one attached hydrogen (secondary N) is 1. The zero-order valence-corrected chi connectivity index (χ0v) is 12.9. The maximum absolute atomic E-state index is 11.9. The Balaban J connectivity index is 2.38. The number of amides is 1. The van der Waals surface area contributed by atoms with Crippen LogP contribution in [0.3, 0.4) is 0 Å². The summed E-state index contributed by atoms with van der Waals surface area (Å²) in [5.41, 5.74) is 8.24. The predicted octanol–water partition coefficient (Wildman–Crippen LogP) is 1.40. The Morgan fingerprint density at radius 1 is 1.20 bits per heavy atom. The van der Waals surface area contributed by atoms with Crippen LogP contribution in [0.15, 0.2) is 18.2 Å². The number of carbonyl (C=O) groups excluding carboxylic acids is 1. The van der Waals surface area contributed by atoms with Gasteiger partial charge in [0, 0.05) is 37.4 Å². The predicted molar refractivity (Wildman–Crippen MR) is 84.9 cm³/mol. The summed E-state index contributed by atoms with van der Waals surface area (Å²) in [6, 6.07) is 5.56. The van der Waals surface area contributed by atoms with E-state index in [2.05, 4.69) is 15.1 Å². The maximum Gasteiger partial charge on any atom is 0.225 e. The van der Waals surface area contributed by atoms with Gasteiger partial charge < -0.3 is 20.9 Å². The van der Waals surface area contributed by atoms with Crippen molar-refractivity contribution in [3.8, 4) is 0 Å². The smallest absolute Gasteiger partial charge is 0.225 e. The summed E-state index contributed by atoms with van der Waals surface area (Å²) in [7, 11) is 6.12. The Kier molecular flexibility index (Phi) is 6.48. The van der Waals surface area contributed by atoms with Gasteiger partial charge in [-0.15, -0.1) is 0 Å². The number of hydrogen-bond donors (Lipinski definition) is 2. The third-order valence-corrected chi connectivity index (χ3v) is 3.30. The molecule has 0 aliphatic carbocycles. The fourth-order valence-corrected chi connectivity index (χ4v) is 1.78. The Morgan fingerprint density at radius 3 is 2.55 bits per heavy atom. The first-order chi connectivity index (χ1) is 9.40. The molecule has 0 heterocycles. The number of nitrogens with two attached hydrogens (primary N) is 1. The number of benzene rings is 1. The first kappa shape index (κ1) is 16.5. The second-order valence-corrected chi connectivity index (χ2v) is 5.42. The molecule has 1 aromatic carbocycles. The van der Waals surface area contributed by atoms with Crippen molar-refractivity contribution in [1.29, 1.82) is 0 Å². The van der Waals surface area contributed by atoms with Crippen LogP contribution in [0.4, 0.5) is 11.4 Å². The molecular weight excluding hydrogens is 252 g/mol. The molecule has 20 heavy (non-hydrogen) atoms. The standard InChI is InChI=1S/C15H26N4O/c1-12-13(16)6-5-7-14(12)17-15(20)8-9-19(4)11-10-18(2)3/h5-7H,8-11,16H2,1-4H3,(H,17,20). The number of nitrogen functional groups attached to an aromatic ring is 1. The summed E-state index contributed by atoms with van der Waals surface area (Å²) in [4.78, 5) is 16.2. The molecule has 1 amide bonds. The normalized spacial score (nSPS) is 11.1. The highest BCUT2D eigenvalue weighted by Crippen LogP contribution is 2.20. The van der Waals surface area contributed by atoms with E-state index in [4.69, 9.17) is 5.73 Å². The molecule has 0 bridgehead atoms. The van der Waals surface area contributed by atoms with Crippen LogP contribution in [0.25, 0.3) is 0 Å². The van der Waals surface area contributed by atoms with Gasteiger partial charge in [0.2, 0.25) is 5.91 Å². The minimum atomic E-state index is 0.0235. The average Bonchev–Trinajstić information content (AvgIpc) is 2.39. The lowest BCUT2D eigenvalue weighted by Gasteiger charge is -2.19. The molecule has 0 unspecified atom stereocenters. The van der Waals surface area contributed by atoms with Gasteiger partial charge in [0.15, 0.2) is 0 Å². The van der Waals surface area contributed by atoms with Crippen LogP contribution in [0.1, 0.15) is 12.0 Å². The lowest BCUT2D eigenvalue weighted by Crippen LogP contribution is -2.31. The van der Waals surface area contributed by atoms with Crippen molar-refractivity contribution in [3.05, 3.63) is 23.8 Å². The van der Waals surface area contributed by atoms with E-state index in [1.54, 1.807) is 0 Å². The number of hydrogen-bond acceptors (Lipinski definition) is 4. The van der Waals surface area contributed by atoms with Gasteiger partial charge in [-0.05, 0) is 45.8 Å². The SMILES string of the molecule is Cc1c(N)cccc1NC(=O)CCN(C)CCN(C)C. The molecule has 0 atom stereocenters. The molecule has 0 aliphatic heterocycles. The summed E-state index contributed by atoms with van der Waals surface area (Å²) in [5.74, 6) is 0.0235. The van der Waals surface area contributed by atoms with E-state index in [-0.39, 0.29) is 5.91 Å².